The topological polar surface area (TPSA) is 68.5 Å². The molecule has 0 radical (unpaired) electrons. The van der Waals surface area contributed by atoms with E-state index in [-0.39, 0.29) is 5.56 Å². The molecule has 24 heavy (non-hydrogen) atoms. The molecular formula is C19H17NO4. The van der Waals surface area contributed by atoms with Crippen molar-refractivity contribution in [2.24, 2.45) is 0 Å². The van der Waals surface area contributed by atoms with Gasteiger partial charge in [-0.05, 0) is 30.2 Å². The molecule has 0 saturated heterocycles. The smallest absolute Gasteiger partial charge is 0.349 e. The van der Waals surface area contributed by atoms with E-state index in [4.69, 9.17) is 9.15 Å². The number of hydrogen-bond donors (Lipinski definition) is 1. The van der Waals surface area contributed by atoms with Crippen molar-refractivity contribution in [2.45, 2.75) is 6.42 Å². The molecule has 3 aromatic rings. The Morgan fingerprint density at radius 2 is 1.92 bits per heavy atom. The highest BCUT2D eigenvalue weighted by molar-refractivity contribution is 5.96. The molecule has 1 amide bonds. The van der Waals surface area contributed by atoms with Crippen molar-refractivity contribution in [3.8, 4) is 5.75 Å². The first-order valence-corrected chi connectivity index (χ1v) is 7.61. The number of amides is 1. The van der Waals surface area contributed by atoms with E-state index in [1.165, 1.54) is 7.11 Å². The van der Waals surface area contributed by atoms with E-state index in [9.17, 15) is 9.59 Å². The van der Waals surface area contributed by atoms with E-state index < -0.39 is 11.5 Å². The van der Waals surface area contributed by atoms with E-state index in [1.807, 2.05) is 30.3 Å². The van der Waals surface area contributed by atoms with E-state index >= 15 is 0 Å². The Balaban J connectivity index is 1.74. The Morgan fingerprint density at radius 1 is 1.12 bits per heavy atom. The third-order valence-electron chi connectivity index (χ3n) is 3.73. The van der Waals surface area contributed by atoms with Gasteiger partial charge in [0.05, 0.1) is 7.11 Å². The third-order valence-corrected chi connectivity index (χ3v) is 3.73. The van der Waals surface area contributed by atoms with Crippen molar-refractivity contribution in [1.82, 2.24) is 5.32 Å². The molecule has 0 bridgehead atoms. The van der Waals surface area contributed by atoms with Crippen LogP contribution in [0.5, 0.6) is 5.75 Å². The largest absolute Gasteiger partial charge is 0.497 e. The monoisotopic (exact) mass is 323 g/mol. The zero-order valence-corrected chi connectivity index (χ0v) is 13.2. The maximum Gasteiger partial charge on any atom is 0.349 e. The van der Waals surface area contributed by atoms with E-state index in [1.54, 1.807) is 24.3 Å². The molecule has 0 fully saturated rings. The van der Waals surface area contributed by atoms with Gasteiger partial charge in [0.25, 0.3) is 5.91 Å². The summed E-state index contributed by atoms with van der Waals surface area (Å²) >= 11 is 0. The van der Waals surface area contributed by atoms with Crippen LogP contribution in [0.15, 0.2) is 63.8 Å². The molecule has 2 aromatic carbocycles. The highest BCUT2D eigenvalue weighted by Crippen LogP contribution is 2.20. The lowest BCUT2D eigenvalue weighted by atomic mass is 10.1. The number of carbonyl (C=O) groups excluding carboxylic acids is 1. The van der Waals surface area contributed by atoms with Gasteiger partial charge in [0, 0.05) is 18.0 Å². The number of fused-ring (bicyclic) bond motifs is 1. The summed E-state index contributed by atoms with van der Waals surface area (Å²) < 4.78 is 10.3. The Hall–Kier alpha value is -3.08. The Kier molecular flexibility index (Phi) is 4.61. The fourth-order valence-corrected chi connectivity index (χ4v) is 2.44. The number of rotatable bonds is 5. The number of hydrogen-bond acceptors (Lipinski definition) is 4. The van der Waals surface area contributed by atoms with Crippen molar-refractivity contribution in [1.29, 1.82) is 0 Å². The summed E-state index contributed by atoms with van der Waals surface area (Å²) in [5, 5.41) is 3.42. The summed E-state index contributed by atoms with van der Waals surface area (Å²) in [5.74, 6) is 0.156. The predicted octanol–water partition coefficient (Wildman–Crippen LogP) is 2.77. The van der Waals surface area contributed by atoms with Crippen LogP contribution in [0.4, 0.5) is 0 Å². The van der Waals surface area contributed by atoms with E-state index in [0.29, 0.717) is 29.7 Å². The summed E-state index contributed by atoms with van der Waals surface area (Å²) in [6.07, 6.45) is 0.697. The van der Waals surface area contributed by atoms with Gasteiger partial charge in [-0.15, -0.1) is 0 Å². The molecule has 3 rings (SSSR count). The van der Waals surface area contributed by atoms with Gasteiger partial charge in [0.15, 0.2) is 0 Å². The molecule has 0 spiro atoms. The van der Waals surface area contributed by atoms with Crippen LogP contribution < -0.4 is 15.7 Å². The first kappa shape index (κ1) is 15.8. The zero-order valence-electron chi connectivity index (χ0n) is 13.2. The van der Waals surface area contributed by atoms with Crippen LogP contribution in [0.25, 0.3) is 11.0 Å². The van der Waals surface area contributed by atoms with Gasteiger partial charge in [-0.2, -0.15) is 0 Å². The molecular weight excluding hydrogens is 306 g/mol. The molecule has 1 aromatic heterocycles. The molecule has 0 aliphatic heterocycles. The minimum absolute atomic E-state index is 0.000675. The summed E-state index contributed by atoms with van der Waals surface area (Å²) in [6.45, 7) is 0.447. The third kappa shape index (κ3) is 3.46. The zero-order chi connectivity index (χ0) is 16.9. The molecule has 5 heteroatoms. The maximum absolute atomic E-state index is 12.2. The summed E-state index contributed by atoms with van der Waals surface area (Å²) in [5.41, 5.74) is 0.851. The van der Waals surface area contributed by atoms with Gasteiger partial charge in [0.2, 0.25) is 0 Å². The lowest BCUT2D eigenvalue weighted by Crippen LogP contribution is -2.29. The summed E-state index contributed by atoms with van der Waals surface area (Å²) in [7, 11) is 1.54. The van der Waals surface area contributed by atoms with Crippen molar-refractivity contribution < 1.29 is 13.9 Å². The second-order valence-corrected chi connectivity index (χ2v) is 5.34. The summed E-state index contributed by atoms with van der Waals surface area (Å²) in [4.78, 5) is 24.3. The van der Waals surface area contributed by atoms with Crippen molar-refractivity contribution in [3.63, 3.8) is 0 Å². The van der Waals surface area contributed by atoms with E-state index in [2.05, 4.69) is 5.32 Å². The van der Waals surface area contributed by atoms with Crippen LogP contribution in [0.2, 0.25) is 0 Å². The molecule has 1 N–H and O–H groups in total. The lowest BCUT2D eigenvalue weighted by Gasteiger charge is -2.06. The maximum atomic E-state index is 12.2. The minimum Gasteiger partial charge on any atom is -0.497 e. The minimum atomic E-state index is -0.659. The van der Waals surface area contributed by atoms with Crippen molar-refractivity contribution in [3.05, 3.63) is 76.1 Å². The summed E-state index contributed by atoms with van der Waals surface area (Å²) in [6, 6.07) is 16.5. The van der Waals surface area contributed by atoms with Crippen molar-refractivity contribution in [2.75, 3.05) is 13.7 Å². The Morgan fingerprint density at radius 3 is 2.67 bits per heavy atom. The predicted molar refractivity (Wildman–Crippen MR) is 91.5 cm³/mol. The second-order valence-electron chi connectivity index (χ2n) is 5.34. The Labute approximate surface area is 138 Å². The highest BCUT2D eigenvalue weighted by Gasteiger charge is 2.13. The molecule has 0 aliphatic rings. The van der Waals surface area contributed by atoms with Crippen LogP contribution in [-0.4, -0.2) is 19.6 Å². The van der Waals surface area contributed by atoms with Crippen LogP contribution in [0.3, 0.4) is 0 Å². The second kappa shape index (κ2) is 7.00. The first-order chi connectivity index (χ1) is 11.7. The van der Waals surface area contributed by atoms with Gasteiger partial charge in [0.1, 0.15) is 16.9 Å². The molecule has 0 unspecified atom stereocenters. The highest BCUT2D eigenvalue weighted by atomic mass is 16.5. The standard InChI is InChI=1S/C19H17NO4/c1-23-15-8-7-14-11-16(19(22)24-17(14)12-15)18(21)20-10-9-13-5-3-2-4-6-13/h2-8,11-12H,9-10H2,1H3,(H,20,21). The quantitative estimate of drug-likeness (QED) is 0.733. The van der Waals surface area contributed by atoms with Gasteiger partial charge in [-0.1, -0.05) is 30.3 Å². The molecule has 1 heterocycles. The van der Waals surface area contributed by atoms with E-state index in [0.717, 1.165) is 5.56 Å². The molecule has 0 saturated carbocycles. The SMILES string of the molecule is COc1ccc2cc(C(=O)NCCc3ccccc3)c(=O)oc2c1. The van der Waals surface area contributed by atoms with Gasteiger partial charge in [-0.3, -0.25) is 4.79 Å². The van der Waals surface area contributed by atoms with Crippen LogP contribution >= 0.6 is 0 Å². The molecule has 0 aliphatic carbocycles. The average Bonchev–Trinajstić information content (AvgIpc) is 2.61. The lowest BCUT2D eigenvalue weighted by molar-refractivity contribution is 0.0950. The fraction of sp³-hybridized carbons (Fsp3) is 0.158. The van der Waals surface area contributed by atoms with Gasteiger partial charge in [-0.25, -0.2) is 4.79 Å². The van der Waals surface area contributed by atoms with Crippen LogP contribution in [0.1, 0.15) is 15.9 Å². The number of nitrogens with one attached hydrogen (secondary N) is 1. The normalized spacial score (nSPS) is 10.5. The number of ether oxygens (including phenoxy) is 1. The number of methoxy groups -OCH3 is 1. The Bertz CT molecular complexity index is 916. The molecule has 0 atom stereocenters. The van der Waals surface area contributed by atoms with Crippen LogP contribution in [-0.2, 0) is 6.42 Å². The number of carbonyl (C=O) groups is 1. The van der Waals surface area contributed by atoms with Crippen LogP contribution in [0, 0.1) is 0 Å². The number of benzene rings is 2. The van der Waals surface area contributed by atoms with Gasteiger partial charge < -0.3 is 14.5 Å². The fourth-order valence-electron chi connectivity index (χ4n) is 2.44. The average molecular weight is 323 g/mol. The first-order valence-electron chi connectivity index (χ1n) is 7.61. The molecule has 5 nitrogen and oxygen atoms in total. The van der Waals surface area contributed by atoms with Crippen molar-refractivity contribution >= 4 is 16.9 Å². The molecule has 122 valence electrons. The van der Waals surface area contributed by atoms with Gasteiger partial charge >= 0.3 is 5.63 Å².